The van der Waals surface area contributed by atoms with Crippen molar-refractivity contribution in [1.29, 1.82) is 0 Å². The summed E-state index contributed by atoms with van der Waals surface area (Å²) < 4.78 is 0. The first-order chi connectivity index (χ1) is 8.06. The van der Waals surface area contributed by atoms with Crippen molar-refractivity contribution in [3.05, 3.63) is 30.3 Å². The molecule has 0 aromatic heterocycles. The third-order valence-electron chi connectivity index (χ3n) is 1.61. The lowest BCUT2D eigenvalue weighted by Gasteiger charge is -2.35. The maximum Gasteiger partial charge on any atom is 0.375 e. The molecule has 14 heteroatoms. The van der Waals surface area contributed by atoms with Crippen LogP contribution < -0.4 is 0 Å². The number of rotatable bonds is 8. The first kappa shape index (κ1) is 15.5. The minimum atomic E-state index is -4.08. The van der Waals surface area contributed by atoms with Gasteiger partial charge in [-0.3, -0.25) is 9.68 Å². The van der Waals surface area contributed by atoms with Gasteiger partial charge in [0, 0.05) is 6.42 Å². The van der Waals surface area contributed by atoms with Crippen molar-refractivity contribution >= 4 is 0 Å². The first-order valence-corrected chi connectivity index (χ1v) is 4.01. The molecular formula is C4H7N3O11. The summed E-state index contributed by atoms with van der Waals surface area (Å²) in [5.74, 6) is -7.52. The molecule has 18 heavy (non-hydrogen) atoms. The molecule has 0 bridgehead atoms. The third kappa shape index (κ3) is 3.52. The molecule has 0 saturated carbocycles. The van der Waals surface area contributed by atoms with Gasteiger partial charge >= 0.3 is 11.8 Å². The van der Waals surface area contributed by atoms with Crippen molar-refractivity contribution in [1.82, 2.24) is 0 Å². The lowest BCUT2D eigenvalue weighted by molar-refractivity contribution is -0.916. The summed E-state index contributed by atoms with van der Waals surface area (Å²) in [4.78, 5) is 40.7. The molecule has 0 aliphatic heterocycles. The van der Waals surface area contributed by atoms with E-state index in [4.69, 9.17) is 10.2 Å². The Hall–Kier alpha value is -2.48. The van der Waals surface area contributed by atoms with Crippen LogP contribution in [0.1, 0.15) is 13.3 Å². The fourth-order valence-corrected chi connectivity index (χ4v) is 0.909. The molecule has 0 saturated heterocycles. The van der Waals surface area contributed by atoms with Gasteiger partial charge in [0.15, 0.2) is 0 Å². The van der Waals surface area contributed by atoms with E-state index in [1.165, 1.54) is 0 Å². The van der Waals surface area contributed by atoms with Crippen molar-refractivity contribution < 1.29 is 40.0 Å². The Labute approximate surface area is 96.6 Å². The van der Waals surface area contributed by atoms with E-state index in [-0.39, 0.29) is 0 Å². The molecule has 14 nitrogen and oxygen atoms in total. The van der Waals surface area contributed by atoms with Gasteiger partial charge in [0.05, 0.1) is 0 Å². The number of aliphatic hydroxyl groups is 2. The van der Waals surface area contributed by atoms with Gasteiger partial charge in [-0.2, -0.15) is 0 Å². The van der Waals surface area contributed by atoms with Crippen LogP contribution >= 0.6 is 0 Å². The summed E-state index contributed by atoms with van der Waals surface area (Å²) in [6.07, 6.45) is -0.935. The maximum atomic E-state index is 10.1. The molecule has 0 spiro atoms. The lowest BCUT2D eigenvalue weighted by atomic mass is 10.2. The predicted octanol–water partition coefficient (Wildman–Crippen LogP) is -1.64. The van der Waals surface area contributed by atoms with E-state index in [9.17, 15) is 30.3 Å². The number of hydrogen-bond acceptors (Lipinski definition) is 11. The molecule has 0 aliphatic rings. The summed E-state index contributed by atoms with van der Waals surface area (Å²) in [6.45, 7) is 0.928. The van der Waals surface area contributed by atoms with Crippen LogP contribution in [-0.4, -0.2) is 37.2 Å². The van der Waals surface area contributed by atoms with Crippen molar-refractivity contribution in [2.45, 2.75) is 25.1 Å². The minimum Gasteiger partial charge on any atom is -0.341 e. The zero-order valence-electron chi connectivity index (χ0n) is 8.62. The van der Waals surface area contributed by atoms with Gasteiger partial charge in [0.1, 0.15) is 0 Å². The zero-order chi connectivity index (χ0) is 14.6. The second kappa shape index (κ2) is 5.23. The number of nitrogens with zero attached hydrogens (tertiary/aromatic N) is 3. The highest BCUT2D eigenvalue weighted by Gasteiger charge is 2.60. The summed E-state index contributed by atoms with van der Waals surface area (Å²) in [7, 11) is 0. The fourth-order valence-electron chi connectivity index (χ4n) is 0.909. The Kier molecular flexibility index (Phi) is 4.51. The molecule has 0 unspecified atom stereocenters. The second-order valence-electron chi connectivity index (χ2n) is 2.66. The monoisotopic (exact) mass is 273 g/mol. The smallest absolute Gasteiger partial charge is 0.341 e. The van der Waals surface area contributed by atoms with Crippen LogP contribution in [0.25, 0.3) is 0 Å². The Morgan fingerprint density at radius 1 is 0.944 bits per heavy atom. The van der Waals surface area contributed by atoms with Gasteiger partial charge in [0.2, 0.25) is 0 Å². The van der Waals surface area contributed by atoms with Gasteiger partial charge in [-0.25, -0.2) is 4.84 Å². The molecule has 0 atom stereocenters. The largest absolute Gasteiger partial charge is 0.375 e. The molecule has 104 valence electrons. The predicted molar refractivity (Wildman–Crippen MR) is 44.4 cm³/mol. The molecule has 0 aromatic carbocycles. The zero-order valence-corrected chi connectivity index (χ0v) is 8.62. The standard InChI is InChI=1S/C4H7N3O11/c1-2-3(16-5(10)11,17-6(12)13)4(8,9)18-7(14)15/h8-9H,2H2,1H3. The Morgan fingerprint density at radius 3 is 1.50 bits per heavy atom. The van der Waals surface area contributed by atoms with E-state index in [2.05, 4.69) is 14.5 Å². The molecule has 0 rings (SSSR count). The summed E-state index contributed by atoms with van der Waals surface area (Å²) >= 11 is 0. The van der Waals surface area contributed by atoms with Gasteiger partial charge < -0.3 is 10.2 Å². The molecule has 0 aromatic rings. The van der Waals surface area contributed by atoms with E-state index < -0.39 is 33.4 Å². The molecule has 0 aliphatic carbocycles. The normalized spacial score (nSPS) is 11.5. The lowest BCUT2D eigenvalue weighted by Crippen LogP contribution is -2.61. The first-order valence-electron chi connectivity index (χ1n) is 4.01. The quantitative estimate of drug-likeness (QED) is 0.292. The highest BCUT2D eigenvalue weighted by molar-refractivity contribution is 4.74. The average Bonchev–Trinajstić information content (AvgIpc) is 2.12. The van der Waals surface area contributed by atoms with Crippen LogP contribution in [0, 0.1) is 30.3 Å². The van der Waals surface area contributed by atoms with Crippen LogP contribution in [0.15, 0.2) is 0 Å². The second-order valence-corrected chi connectivity index (χ2v) is 2.66. The van der Waals surface area contributed by atoms with Gasteiger partial charge in [-0.15, -0.1) is 30.3 Å². The highest BCUT2D eigenvalue weighted by atomic mass is 17.1. The average molecular weight is 273 g/mol. The topological polar surface area (TPSA) is 198 Å². The van der Waals surface area contributed by atoms with Gasteiger partial charge in [-0.05, 0) is 0 Å². The molecular weight excluding hydrogens is 266 g/mol. The summed E-state index contributed by atoms with van der Waals surface area (Å²) in [6, 6.07) is 0. The van der Waals surface area contributed by atoms with Crippen molar-refractivity contribution in [2.24, 2.45) is 0 Å². The van der Waals surface area contributed by atoms with Crippen molar-refractivity contribution in [3.63, 3.8) is 0 Å². The summed E-state index contributed by atoms with van der Waals surface area (Å²) in [5.41, 5.74) is 0. The van der Waals surface area contributed by atoms with E-state index in [1.807, 2.05) is 0 Å². The Morgan fingerprint density at radius 2 is 1.28 bits per heavy atom. The van der Waals surface area contributed by atoms with Crippen LogP contribution in [0.4, 0.5) is 0 Å². The van der Waals surface area contributed by atoms with Crippen LogP contribution in [0.3, 0.4) is 0 Å². The molecule has 0 radical (unpaired) electrons. The van der Waals surface area contributed by atoms with E-state index in [1.54, 1.807) is 0 Å². The van der Waals surface area contributed by atoms with E-state index >= 15 is 0 Å². The van der Waals surface area contributed by atoms with E-state index in [0.29, 0.717) is 0 Å². The Balaban J connectivity index is 5.45. The van der Waals surface area contributed by atoms with Crippen molar-refractivity contribution in [3.8, 4) is 0 Å². The maximum absolute atomic E-state index is 10.1. The van der Waals surface area contributed by atoms with Gasteiger partial charge in [-0.1, -0.05) is 6.92 Å². The Bertz CT molecular complexity index is 336. The van der Waals surface area contributed by atoms with E-state index in [0.717, 1.165) is 6.92 Å². The van der Waals surface area contributed by atoms with Crippen LogP contribution in [-0.2, 0) is 14.5 Å². The van der Waals surface area contributed by atoms with Crippen LogP contribution in [0.5, 0.6) is 0 Å². The fraction of sp³-hybridized carbons (Fsp3) is 1.00. The molecule has 0 heterocycles. The molecule has 0 amide bonds. The molecule has 2 N–H and O–H groups in total. The SMILES string of the molecule is CCC(O[N+](=O)[O-])(O[N+](=O)[O-])C(O)(O)O[N+](=O)[O-]. The summed E-state index contributed by atoms with van der Waals surface area (Å²) in [5, 5.41) is 43.4. The van der Waals surface area contributed by atoms with Crippen LogP contribution in [0.2, 0.25) is 0 Å². The number of hydrogen-bond donors (Lipinski definition) is 2. The highest BCUT2D eigenvalue weighted by Crippen LogP contribution is 2.31. The van der Waals surface area contributed by atoms with Gasteiger partial charge in [0.25, 0.3) is 15.3 Å². The minimum absolute atomic E-state index is 0.928. The third-order valence-corrected chi connectivity index (χ3v) is 1.61. The molecule has 0 fully saturated rings. The van der Waals surface area contributed by atoms with Crippen molar-refractivity contribution in [2.75, 3.05) is 0 Å².